The fraction of sp³-hybridized carbons (Fsp3) is 0.182. The van der Waals surface area contributed by atoms with Crippen molar-refractivity contribution in [1.29, 1.82) is 0 Å². The number of halogens is 1. The minimum absolute atomic E-state index is 0.340. The molecule has 2 aliphatic heterocycles. The molecular weight excluding hydrogens is 432 g/mol. The molecule has 2 amide bonds. The number of para-hydroxylation sites is 1. The van der Waals surface area contributed by atoms with Gasteiger partial charge in [0.2, 0.25) is 5.54 Å². The molecule has 29 heavy (non-hydrogen) atoms. The normalized spacial score (nSPS) is 20.0. The molecule has 1 spiro atoms. The SMILES string of the molecule is CC(C)=CC(=O)N1N=Cc2ccc(Br)cc2C12C(=O)N(c1ccccc1)N=C2C. The van der Waals surface area contributed by atoms with Crippen molar-refractivity contribution in [3.8, 4) is 0 Å². The van der Waals surface area contributed by atoms with E-state index >= 15 is 0 Å². The van der Waals surface area contributed by atoms with Gasteiger partial charge in [-0.05, 0) is 45.0 Å². The van der Waals surface area contributed by atoms with Crippen LogP contribution in [-0.4, -0.2) is 28.7 Å². The van der Waals surface area contributed by atoms with E-state index in [4.69, 9.17) is 0 Å². The summed E-state index contributed by atoms with van der Waals surface area (Å²) in [6, 6.07) is 14.8. The highest BCUT2D eigenvalue weighted by molar-refractivity contribution is 9.10. The Kier molecular flexibility index (Phi) is 4.70. The molecule has 2 heterocycles. The number of anilines is 1. The van der Waals surface area contributed by atoms with Gasteiger partial charge in [0.15, 0.2) is 0 Å². The first-order chi connectivity index (χ1) is 13.9. The van der Waals surface area contributed by atoms with Crippen molar-refractivity contribution in [2.75, 3.05) is 5.01 Å². The lowest BCUT2D eigenvalue weighted by Crippen LogP contribution is -2.58. The molecule has 2 aromatic carbocycles. The van der Waals surface area contributed by atoms with Crippen LogP contribution in [0.15, 0.2) is 74.9 Å². The molecule has 2 aliphatic rings. The summed E-state index contributed by atoms with van der Waals surface area (Å²) >= 11 is 3.49. The Morgan fingerprint density at radius 1 is 1.14 bits per heavy atom. The van der Waals surface area contributed by atoms with Gasteiger partial charge < -0.3 is 0 Å². The van der Waals surface area contributed by atoms with Gasteiger partial charge in [-0.2, -0.15) is 15.2 Å². The first-order valence-corrected chi connectivity index (χ1v) is 9.93. The second-order valence-corrected chi connectivity index (χ2v) is 8.11. The molecule has 0 N–H and O–H groups in total. The number of carbonyl (C=O) groups is 2. The fourth-order valence-electron chi connectivity index (χ4n) is 3.68. The number of benzene rings is 2. The summed E-state index contributed by atoms with van der Waals surface area (Å²) in [7, 11) is 0. The molecule has 0 aromatic heterocycles. The minimum atomic E-state index is -1.44. The third-order valence-corrected chi connectivity index (χ3v) is 5.43. The molecular formula is C22H19BrN4O2. The number of carbonyl (C=O) groups excluding carboxylic acids is 2. The predicted octanol–water partition coefficient (Wildman–Crippen LogP) is 4.21. The zero-order chi connectivity index (χ0) is 20.8. The topological polar surface area (TPSA) is 65.3 Å². The molecule has 0 aliphatic carbocycles. The Hall–Kier alpha value is -3.06. The molecule has 2 aromatic rings. The lowest BCUT2D eigenvalue weighted by molar-refractivity contribution is -0.139. The highest BCUT2D eigenvalue weighted by Gasteiger charge is 2.59. The average molecular weight is 451 g/mol. The first kappa shape index (κ1) is 19.3. The Morgan fingerprint density at radius 3 is 2.55 bits per heavy atom. The first-order valence-electron chi connectivity index (χ1n) is 9.14. The lowest BCUT2D eigenvalue weighted by atomic mass is 9.80. The largest absolute Gasteiger partial charge is 0.286 e. The zero-order valence-electron chi connectivity index (χ0n) is 16.3. The molecule has 1 atom stereocenters. The number of allylic oxidation sites excluding steroid dienone is 1. The van der Waals surface area contributed by atoms with Crippen molar-refractivity contribution in [3.05, 3.63) is 75.8 Å². The lowest BCUT2D eigenvalue weighted by Gasteiger charge is -2.39. The molecule has 6 nitrogen and oxygen atoms in total. The van der Waals surface area contributed by atoms with Crippen LogP contribution >= 0.6 is 15.9 Å². The maximum Gasteiger partial charge on any atom is 0.286 e. The predicted molar refractivity (Wildman–Crippen MR) is 117 cm³/mol. The van der Waals surface area contributed by atoms with E-state index in [2.05, 4.69) is 26.1 Å². The van der Waals surface area contributed by atoms with E-state index in [9.17, 15) is 9.59 Å². The van der Waals surface area contributed by atoms with Gasteiger partial charge in [0, 0.05) is 21.7 Å². The van der Waals surface area contributed by atoms with E-state index < -0.39 is 5.54 Å². The van der Waals surface area contributed by atoms with Gasteiger partial charge in [-0.1, -0.05) is 45.8 Å². The molecule has 0 saturated carbocycles. The van der Waals surface area contributed by atoms with Crippen molar-refractivity contribution in [1.82, 2.24) is 5.01 Å². The van der Waals surface area contributed by atoms with Gasteiger partial charge in [0.1, 0.15) is 0 Å². The molecule has 4 rings (SSSR count). The van der Waals surface area contributed by atoms with Crippen LogP contribution in [-0.2, 0) is 15.1 Å². The van der Waals surface area contributed by atoms with Crippen LogP contribution in [0.5, 0.6) is 0 Å². The standard InChI is InChI=1S/C22H19BrN4O2/c1-14(2)11-20(28)27-22(19-12-17(23)10-9-16(19)13-24-27)15(3)25-26(21(22)29)18-7-5-4-6-8-18/h4-13H,1-3H3. The molecule has 1 unspecified atom stereocenters. The number of amides is 2. The molecule has 0 bridgehead atoms. The second-order valence-electron chi connectivity index (χ2n) is 7.20. The highest BCUT2D eigenvalue weighted by Crippen LogP contribution is 2.43. The Labute approximate surface area is 177 Å². The summed E-state index contributed by atoms with van der Waals surface area (Å²) in [5.41, 5.74) is 1.94. The third kappa shape index (κ3) is 2.93. The van der Waals surface area contributed by atoms with Crippen molar-refractivity contribution in [2.45, 2.75) is 26.3 Å². The van der Waals surface area contributed by atoms with E-state index in [1.165, 1.54) is 16.1 Å². The van der Waals surface area contributed by atoms with Crippen LogP contribution in [0.2, 0.25) is 0 Å². The number of fused-ring (bicyclic) bond motifs is 2. The molecule has 7 heteroatoms. The Bertz CT molecular complexity index is 1100. The van der Waals surface area contributed by atoms with Crippen LogP contribution in [0.4, 0.5) is 5.69 Å². The van der Waals surface area contributed by atoms with E-state index in [1.54, 1.807) is 13.1 Å². The summed E-state index contributed by atoms with van der Waals surface area (Å²) in [5, 5.41) is 11.5. The quantitative estimate of drug-likeness (QED) is 0.643. The third-order valence-electron chi connectivity index (χ3n) is 4.93. The van der Waals surface area contributed by atoms with Crippen molar-refractivity contribution in [2.24, 2.45) is 10.2 Å². The zero-order valence-corrected chi connectivity index (χ0v) is 17.8. The minimum Gasteiger partial charge on any atom is -0.269 e. The number of rotatable bonds is 2. The van der Waals surface area contributed by atoms with Gasteiger partial charge in [0.05, 0.1) is 17.6 Å². The summed E-state index contributed by atoms with van der Waals surface area (Å²) in [6.07, 6.45) is 3.09. The number of hydrogen-bond donors (Lipinski definition) is 0. The van der Waals surface area contributed by atoms with Gasteiger partial charge >= 0.3 is 0 Å². The van der Waals surface area contributed by atoms with Crippen molar-refractivity contribution < 1.29 is 9.59 Å². The number of hydrogen-bond acceptors (Lipinski definition) is 4. The summed E-state index contributed by atoms with van der Waals surface area (Å²) in [5.74, 6) is -0.711. The van der Waals surface area contributed by atoms with Crippen LogP contribution in [0.25, 0.3) is 0 Å². The second kappa shape index (κ2) is 7.08. The Balaban J connectivity index is 1.96. The molecule has 146 valence electrons. The van der Waals surface area contributed by atoms with Crippen LogP contribution in [0.1, 0.15) is 31.9 Å². The smallest absolute Gasteiger partial charge is 0.269 e. The van der Waals surface area contributed by atoms with Gasteiger partial charge in [-0.15, -0.1) is 0 Å². The Morgan fingerprint density at radius 2 is 1.86 bits per heavy atom. The van der Waals surface area contributed by atoms with Gasteiger partial charge in [-0.3, -0.25) is 9.59 Å². The fourth-order valence-corrected chi connectivity index (χ4v) is 4.04. The maximum atomic E-state index is 13.9. The maximum absolute atomic E-state index is 13.9. The number of nitrogens with zero attached hydrogens (tertiary/aromatic N) is 4. The van der Waals surface area contributed by atoms with E-state index in [0.717, 1.165) is 15.6 Å². The molecule has 0 fully saturated rings. The van der Waals surface area contributed by atoms with E-state index in [-0.39, 0.29) is 11.8 Å². The van der Waals surface area contributed by atoms with Crippen LogP contribution in [0, 0.1) is 0 Å². The molecule has 0 saturated heterocycles. The molecule has 0 radical (unpaired) electrons. The summed E-state index contributed by atoms with van der Waals surface area (Å²) < 4.78 is 0.805. The van der Waals surface area contributed by atoms with Crippen molar-refractivity contribution in [3.63, 3.8) is 0 Å². The van der Waals surface area contributed by atoms with E-state index in [0.29, 0.717) is 17.0 Å². The summed E-state index contributed by atoms with van der Waals surface area (Å²) in [6.45, 7) is 5.42. The number of hydrazone groups is 2. The van der Waals surface area contributed by atoms with Crippen LogP contribution < -0.4 is 5.01 Å². The van der Waals surface area contributed by atoms with Crippen LogP contribution in [0.3, 0.4) is 0 Å². The monoisotopic (exact) mass is 450 g/mol. The average Bonchev–Trinajstić information content (AvgIpc) is 2.94. The highest BCUT2D eigenvalue weighted by atomic mass is 79.9. The van der Waals surface area contributed by atoms with E-state index in [1.807, 2.05) is 62.4 Å². The van der Waals surface area contributed by atoms with Gasteiger partial charge in [0.25, 0.3) is 11.8 Å². The van der Waals surface area contributed by atoms with Gasteiger partial charge in [-0.25, -0.2) is 5.01 Å². The van der Waals surface area contributed by atoms with Crippen molar-refractivity contribution >= 4 is 45.4 Å². The summed E-state index contributed by atoms with van der Waals surface area (Å²) in [4.78, 5) is 27.0.